The minimum atomic E-state index is -1.09. The third kappa shape index (κ3) is 4.55. The highest BCUT2D eigenvalue weighted by molar-refractivity contribution is 6.07. The number of ether oxygens (including phenoxy) is 1. The topological polar surface area (TPSA) is 95.9 Å². The zero-order valence-electron chi connectivity index (χ0n) is 18.4. The molecule has 0 saturated heterocycles. The molecule has 0 fully saturated rings. The third-order valence-corrected chi connectivity index (χ3v) is 5.35. The number of carbonyl (C=O) groups is 3. The van der Waals surface area contributed by atoms with E-state index in [1.807, 2.05) is 18.2 Å². The van der Waals surface area contributed by atoms with Crippen LogP contribution in [0.3, 0.4) is 0 Å². The van der Waals surface area contributed by atoms with Gasteiger partial charge < -0.3 is 15.2 Å². The van der Waals surface area contributed by atoms with Crippen molar-refractivity contribution >= 4 is 29.2 Å². The molecule has 1 aliphatic rings. The summed E-state index contributed by atoms with van der Waals surface area (Å²) in [4.78, 5) is 38.4. The first-order valence-electron chi connectivity index (χ1n) is 10.4. The number of carboxylic acids is 1. The summed E-state index contributed by atoms with van der Waals surface area (Å²) in [5, 5.41) is 12.2. The zero-order valence-corrected chi connectivity index (χ0v) is 18.4. The molecule has 1 atom stereocenters. The molecule has 7 heteroatoms. The van der Waals surface area contributed by atoms with Gasteiger partial charge in [0.2, 0.25) is 5.91 Å². The summed E-state index contributed by atoms with van der Waals surface area (Å²) in [5.41, 5.74) is 3.29. The first kappa shape index (κ1) is 22.3. The summed E-state index contributed by atoms with van der Waals surface area (Å²) in [6.45, 7) is 9.65. The van der Waals surface area contributed by atoms with E-state index in [1.54, 1.807) is 6.92 Å². The van der Waals surface area contributed by atoms with Crippen molar-refractivity contribution in [1.82, 2.24) is 0 Å². The second kappa shape index (κ2) is 8.79. The molecule has 0 aromatic heterocycles. The zero-order chi connectivity index (χ0) is 22.9. The van der Waals surface area contributed by atoms with E-state index in [0.717, 1.165) is 16.8 Å². The van der Waals surface area contributed by atoms with Gasteiger partial charge in [0, 0.05) is 5.69 Å². The van der Waals surface area contributed by atoms with E-state index in [-0.39, 0.29) is 41.5 Å². The fourth-order valence-corrected chi connectivity index (χ4v) is 3.72. The number of para-hydroxylation sites is 1. The van der Waals surface area contributed by atoms with Gasteiger partial charge in [-0.2, -0.15) is 0 Å². The lowest BCUT2D eigenvalue weighted by Gasteiger charge is -2.33. The van der Waals surface area contributed by atoms with Crippen LogP contribution in [0, 0.1) is 0 Å². The van der Waals surface area contributed by atoms with Gasteiger partial charge >= 0.3 is 5.97 Å². The van der Waals surface area contributed by atoms with Gasteiger partial charge in [0.15, 0.2) is 6.10 Å². The monoisotopic (exact) mass is 424 g/mol. The first-order chi connectivity index (χ1) is 14.6. The maximum Gasteiger partial charge on any atom is 0.335 e. The Morgan fingerprint density at radius 1 is 1.10 bits per heavy atom. The summed E-state index contributed by atoms with van der Waals surface area (Å²) in [6.07, 6.45) is -0.821. The number of hydrogen-bond donors (Lipinski definition) is 2. The van der Waals surface area contributed by atoms with Crippen molar-refractivity contribution in [2.75, 3.05) is 16.8 Å². The van der Waals surface area contributed by atoms with Crippen molar-refractivity contribution in [2.45, 2.75) is 52.6 Å². The van der Waals surface area contributed by atoms with Crippen LogP contribution in [-0.2, 0) is 9.59 Å². The number of fused-ring (bicyclic) bond motifs is 1. The van der Waals surface area contributed by atoms with E-state index in [0.29, 0.717) is 5.69 Å². The molecular formula is C24H28N2O5. The van der Waals surface area contributed by atoms with Gasteiger partial charge in [-0.1, -0.05) is 45.9 Å². The molecule has 1 unspecified atom stereocenters. The summed E-state index contributed by atoms with van der Waals surface area (Å²) < 4.78 is 5.58. The van der Waals surface area contributed by atoms with Gasteiger partial charge in [-0.15, -0.1) is 0 Å². The number of rotatable bonds is 6. The fraction of sp³-hybridized carbons (Fsp3) is 0.375. The first-order valence-corrected chi connectivity index (χ1v) is 10.4. The Morgan fingerprint density at radius 3 is 2.26 bits per heavy atom. The highest BCUT2D eigenvalue weighted by atomic mass is 16.5. The SMILES string of the molecule is CC1Oc2cc(C(=O)O)ccc2N(CC(=O)Nc2c(C(C)C)cccc2C(C)C)C1=O. The van der Waals surface area contributed by atoms with Crippen LogP contribution >= 0.6 is 0 Å². The van der Waals surface area contributed by atoms with E-state index >= 15 is 0 Å². The van der Waals surface area contributed by atoms with Crippen LogP contribution in [0.15, 0.2) is 36.4 Å². The van der Waals surface area contributed by atoms with Gasteiger partial charge in [-0.05, 0) is 48.1 Å². The number of carboxylic acid groups (broad SMARTS) is 1. The molecule has 164 valence electrons. The molecular weight excluding hydrogens is 396 g/mol. The smallest absolute Gasteiger partial charge is 0.335 e. The van der Waals surface area contributed by atoms with E-state index in [1.165, 1.54) is 23.1 Å². The lowest BCUT2D eigenvalue weighted by atomic mass is 9.92. The number of nitrogens with zero attached hydrogens (tertiary/aromatic N) is 1. The normalized spacial score (nSPS) is 15.6. The minimum Gasteiger partial charge on any atom is -0.479 e. The molecule has 7 nitrogen and oxygen atoms in total. The number of anilines is 2. The van der Waals surface area contributed by atoms with Gasteiger partial charge in [0.05, 0.1) is 11.3 Å². The Labute approximate surface area is 182 Å². The van der Waals surface area contributed by atoms with Crippen molar-refractivity contribution in [3.05, 3.63) is 53.1 Å². The molecule has 2 aromatic rings. The highest BCUT2D eigenvalue weighted by Gasteiger charge is 2.33. The van der Waals surface area contributed by atoms with Gasteiger partial charge in [-0.3, -0.25) is 14.5 Å². The molecule has 3 rings (SSSR count). The van der Waals surface area contributed by atoms with Crippen LogP contribution in [-0.4, -0.2) is 35.5 Å². The second-order valence-corrected chi connectivity index (χ2v) is 8.34. The Kier molecular flexibility index (Phi) is 6.34. The number of nitrogens with one attached hydrogen (secondary N) is 1. The molecule has 2 amide bonds. The maximum atomic E-state index is 13.0. The van der Waals surface area contributed by atoms with Gasteiger partial charge in [0.1, 0.15) is 12.3 Å². The summed E-state index contributed by atoms with van der Waals surface area (Å²) >= 11 is 0. The Morgan fingerprint density at radius 2 is 1.71 bits per heavy atom. The molecule has 1 aliphatic heterocycles. The van der Waals surface area contributed by atoms with E-state index in [2.05, 4.69) is 33.0 Å². The standard InChI is InChI=1S/C24H28N2O5/c1-13(2)17-7-6-8-18(14(3)4)22(17)25-21(27)12-26-19-10-9-16(24(29)30)11-20(19)31-15(5)23(26)28/h6-11,13-15H,12H2,1-5H3,(H,25,27)(H,29,30). The predicted molar refractivity (Wildman–Crippen MR) is 119 cm³/mol. The molecule has 0 bridgehead atoms. The number of carbonyl (C=O) groups excluding carboxylic acids is 2. The van der Waals surface area contributed by atoms with E-state index in [9.17, 15) is 19.5 Å². The van der Waals surface area contributed by atoms with Crippen molar-refractivity contribution < 1.29 is 24.2 Å². The molecule has 2 aromatic carbocycles. The number of hydrogen-bond acceptors (Lipinski definition) is 4. The predicted octanol–water partition coefficient (Wildman–Crippen LogP) is 4.38. The number of amides is 2. The summed E-state index contributed by atoms with van der Waals surface area (Å²) in [7, 11) is 0. The Bertz CT molecular complexity index is 1000. The third-order valence-electron chi connectivity index (χ3n) is 5.35. The minimum absolute atomic E-state index is 0.0529. The van der Waals surface area contributed by atoms with Crippen LogP contribution in [0.25, 0.3) is 0 Å². The highest BCUT2D eigenvalue weighted by Crippen LogP contribution is 2.36. The molecule has 0 radical (unpaired) electrons. The molecule has 2 N–H and O–H groups in total. The van der Waals surface area contributed by atoms with Gasteiger partial charge in [-0.25, -0.2) is 4.79 Å². The molecule has 0 saturated carbocycles. The molecule has 31 heavy (non-hydrogen) atoms. The maximum absolute atomic E-state index is 13.0. The Balaban J connectivity index is 1.91. The molecule has 0 aliphatic carbocycles. The van der Waals surface area contributed by atoms with Crippen LogP contribution in [0.1, 0.15) is 67.9 Å². The Hall–Kier alpha value is -3.35. The molecule has 0 spiro atoms. The lowest BCUT2D eigenvalue weighted by Crippen LogP contribution is -2.47. The lowest BCUT2D eigenvalue weighted by molar-refractivity contribution is -0.127. The van der Waals surface area contributed by atoms with Crippen LogP contribution in [0.5, 0.6) is 5.75 Å². The largest absolute Gasteiger partial charge is 0.479 e. The van der Waals surface area contributed by atoms with Crippen molar-refractivity contribution in [3.63, 3.8) is 0 Å². The van der Waals surface area contributed by atoms with Crippen molar-refractivity contribution in [3.8, 4) is 5.75 Å². The average molecular weight is 424 g/mol. The van der Waals surface area contributed by atoms with Crippen molar-refractivity contribution in [1.29, 1.82) is 0 Å². The fourth-order valence-electron chi connectivity index (χ4n) is 3.72. The van der Waals surface area contributed by atoms with Crippen LogP contribution in [0.2, 0.25) is 0 Å². The van der Waals surface area contributed by atoms with Crippen LogP contribution in [0.4, 0.5) is 11.4 Å². The molecule has 1 heterocycles. The second-order valence-electron chi connectivity index (χ2n) is 8.34. The van der Waals surface area contributed by atoms with Crippen LogP contribution < -0.4 is 15.0 Å². The van der Waals surface area contributed by atoms with Gasteiger partial charge in [0.25, 0.3) is 5.91 Å². The van der Waals surface area contributed by atoms with E-state index < -0.39 is 12.1 Å². The van der Waals surface area contributed by atoms with Crippen molar-refractivity contribution in [2.24, 2.45) is 0 Å². The number of benzene rings is 2. The summed E-state index contributed by atoms with van der Waals surface area (Å²) in [6, 6.07) is 10.2. The van der Waals surface area contributed by atoms with E-state index in [4.69, 9.17) is 4.74 Å². The number of aromatic carboxylic acids is 1. The quantitative estimate of drug-likeness (QED) is 0.717. The summed E-state index contributed by atoms with van der Waals surface area (Å²) in [5.74, 6) is -1.07. The average Bonchev–Trinajstić information content (AvgIpc) is 2.70.